The molecule has 74 valence electrons. The topological polar surface area (TPSA) is 52.5 Å². The number of nitrogens with two attached hydrogens (primary N) is 1. The molecule has 0 unspecified atom stereocenters. The van der Waals surface area contributed by atoms with Gasteiger partial charge in [-0.1, -0.05) is 6.07 Å². The molecule has 0 aliphatic carbocycles. The summed E-state index contributed by atoms with van der Waals surface area (Å²) in [7, 11) is 1.67. The van der Waals surface area contributed by atoms with Crippen molar-refractivity contribution in [1.29, 1.82) is 0 Å². The average molecular weight is 191 g/mol. The van der Waals surface area contributed by atoms with Gasteiger partial charge in [-0.2, -0.15) is 0 Å². The van der Waals surface area contributed by atoms with E-state index in [4.69, 9.17) is 10.5 Å². The van der Waals surface area contributed by atoms with Gasteiger partial charge in [-0.25, -0.2) is 4.98 Å². The lowest BCUT2D eigenvalue weighted by atomic mass is 10.3. The third-order valence-corrected chi connectivity index (χ3v) is 2.17. The lowest BCUT2D eigenvalue weighted by Gasteiger charge is -2.02. The van der Waals surface area contributed by atoms with Crippen LogP contribution in [0.15, 0.2) is 24.5 Å². The molecule has 0 fully saturated rings. The fourth-order valence-electron chi connectivity index (χ4n) is 1.45. The van der Waals surface area contributed by atoms with Crippen LogP contribution < -0.4 is 5.73 Å². The van der Waals surface area contributed by atoms with Gasteiger partial charge >= 0.3 is 0 Å². The average Bonchev–Trinajstić information content (AvgIpc) is 2.61. The fraction of sp³-hybridized carbons (Fsp3) is 0.300. The van der Waals surface area contributed by atoms with Crippen molar-refractivity contribution in [3.63, 3.8) is 0 Å². The Bertz CT molecular complexity index is 436. The van der Waals surface area contributed by atoms with E-state index in [2.05, 4.69) is 4.98 Å². The molecule has 2 rings (SSSR count). The van der Waals surface area contributed by atoms with Crippen LogP contribution in [-0.4, -0.2) is 16.5 Å². The second kappa shape index (κ2) is 3.77. The zero-order chi connectivity index (χ0) is 9.97. The summed E-state index contributed by atoms with van der Waals surface area (Å²) in [6, 6.07) is 3.94. The summed E-state index contributed by atoms with van der Waals surface area (Å²) < 4.78 is 7.08. The molecule has 4 heteroatoms. The highest BCUT2D eigenvalue weighted by Crippen LogP contribution is 2.09. The number of pyridine rings is 1. The zero-order valence-electron chi connectivity index (χ0n) is 8.10. The first-order valence-electron chi connectivity index (χ1n) is 4.49. The van der Waals surface area contributed by atoms with Crippen LogP contribution >= 0.6 is 0 Å². The summed E-state index contributed by atoms with van der Waals surface area (Å²) in [5.41, 5.74) is 8.62. The number of aromatic nitrogens is 2. The van der Waals surface area contributed by atoms with E-state index in [9.17, 15) is 0 Å². The fourth-order valence-corrected chi connectivity index (χ4v) is 1.45. The number of methoxy groups -OCH3 is 1. The summed E-state index contributed by atoms with van der Waals surface area (Å²) in [5.74, 6) is 0. The van der Waals surface area contributed by atoms with Crippen LogP contribution in [0.4, 0.5) is 0 Å². The highest BCUT2D eigenvalue weighted by Gasteiger charge is 2.02. The second-order valence-electron chi connectivity index (χ2n) is 3.15. The van der Waals surface area contributed by atoms with Gasteiger partial charge in [-0.05, 0) is 11.6 Å². The van der Waals surface area contributed by atoms with E-state index < -0.39 is 0 Å². The van der Waals surface area contributed by atoms with Crippen LogP contribution in [0.2, 0.25) is 0 Å². The number of fused-ring (bicyclic) bond motifs is 1. The number of hydrogen-bond donors (Lipinski definition) is 1. The minimum atomic E-state index is 0.542. The van der Waals surface area contributed by atoms with Crippen LogP contribution in [0.3, 0.4) is 0 Å². The Morgan fingerprint density at radius 2 is 2.36 bits per heavy atom. The Morgan fingerprint density at radius 1 is 1.50 bits per heavy atom. The SMILES string of the molecule is COCc1cnc2ccc(CN)cn12. The first kappa shape index (κ1) is 9.18. The van der Waals surface area contributed by atoms with Crippen LogP contribution in [0.25, 0.3) is 5.65 Å². The smallest absolute Gasteiger partial charge is 0.136 e. The van der Waals surface area contributed by atoms with Crippen LogP contribution in [-0.2, 0) is 17.9 Å². The number of nitrogens with zero attached hydrogens (tertiary/aromatic N) is 2. The predicted octanol–water partition coefficient (Wildman–Crippen LogP) is 0.939. The Hall–Kier alpha value is -1.39. The van der Waals surface area contributed by atoms with Gasteiger partial charge in [0.2, 0.25) is 0 Å². The van der Waals surface area contributed by atoms with Gasteiger partial charge in [0.05, 0.1) is 18.5 Å². The second-order valence-corrected chi connectivity index (χ2v) is 3.15. The predicted molar refractivity (Wildman–Crippen MR) is 53.8 cm³/mol. The van der Waals surface area contributed by atoms with Crippen molar-refractivity contribution in [3.05, 3.63) is 35.8 Å². The zero-order valence-corrected chi connectivity index (χ0v) is 8.10. The molecule has 0 atom stereocenters. The van der Waals surface area contributed by atoms with Crippen molar-refractivity contribution in [2.24, 2.45) is 5.73 Å². The van der Waals surface area contributed by atoms with E-state index in [1.807, 2.05) is 28.9 Å². The third kappa shape index (κ3) is 1.49. The van der Waals surface area contributed by atoms with E-state index in [-0.39, 0.29) is 0 Å². The molecule has 0 spiro atoms. The Balaban J connectivity index is 2.52. The monoisotopic (exact) mass is 191 g/mol. The largest absolute Gasteiger partial charge is 0.378 e. The maximum Gasteiger partial charge on any atom is 0.136 e. The number of imidazole rings is 1. The molecule has 0 aromatic carbocycles. The van der Waals surface area contributed by atoms with Gasteiger partial charge in [0.15, 0.2) is 0 Å². The minimum Gasteiger partial charge on any atom is -0.378 e. The van der Waals surface area contributed by atoms with E-state index in [0.29, 0.717) is 13.2 Å². The molecule has 2 heterocycles. The Morgan fingerprint density at radius 3 is 3.07 bits per heavy atom. The molecule has 0 aliphatic rings. The Labute approximate surface area is 82.3 Å². The summed E-state index contributed by atoms with van der Waals surface area (Å²) in [4.78, 5) is 4.25. The molecule has 0 bridgehead atoms. The molecular formula is C10H13N3O. The highest BCUT2D eigenvalue weighted by molar-refractivity contribution is 5.41. The molecule has 2 aromatic rings. The first-order chi connectivity index (χ1) is 6.85. The van der Waals surface area contributed by atoms with Gasteiger partial charge in [0, 0.05) is 19.9 Å². The van der Waals surface area contributed by atoms with Crippen molar-refractivity contribution < 1.29 is 4.74 Å². The molecule has 0 aliphatic heterocycles. The van der Waals surface area contributed by atoms with Gasteiger partial charge in [-0.15, -0.1) is 0 Å². The maximum absolute atomic E-state index is 5.57. The maximum atomic E-state index is 5.57. The van der Waals surface area contributed by atoms with E-state index in [1.54, 1.807) is 7.11 Å². The van der Waals surface area contributed by atoms with Crippen molar-refractivity contribution in [3.8, 4) is 0 Å². The molecule has 0 radical (unpaired) electrons. The van der Waals surface area contributed by atoms with Crippen LogP contribution in [0.1, 0.15) is 11.3 Å². The van der Waals surface area contributed by atoms with Crippen molar-refractivity contribution in [1.82, 2.24) is 9.38 Å². The third-order valence-electron chi connectivity index (χ3n) is 2.17. The minimum absolute atomic E-state index is 0.542. The summed E-state index contributed by atoms with van der Waals surface area (Å²) >= 11 is 0. The lowest BCUT2D eigenvalue weighted by Crippen LogP contribution is -2.00. The number of rotatable bonds is 3. The standard InChI is InChI=1S/C10H13N3O/c1-14-7-9-5-12-10-3-2-8(4-11)6-13(9)10/h2-3,5-6H,4,7,11H2,1H3. The van der Waals surface area contributed by atoms with E-state index in [1.165, 1.54) is 0 Å². The Kier molecular flexibility index (Phi) is 2.47. The molecule has 4 nitrogen and oxygen atoms in total. The molecule has 2 N–H and O–H groups in total. The molecule has 0 amide bonds. The first-order valence-corrected chi connectivity index (χ1v) is 4.49. The number of ether oxygens (including phenoxy) is 1. The summed E-state index contributed by atoms with van der Waals surface area (Å²) in [5, 5.41) is 0. The van der Waals surface area contributed by atoms with Crippen LogP contribution in [0, 0.1) is 0 Å². The van der Waals surface area contributed by atoms with Crippen LogP contribution in [0.5, 0.6) is 0 Å². The molecule has 14 heavy (non-hydrogen) atoms. The van der Waals surface area contributed by atoms with Crippen molar-refractivity contribution in [2.45, 2.75) is 13.2 Å². The lowest BCUT2D eigenvalue weighted by molar-refractivity contribution is 0.181. The highest BCUT2D eigenvalue weighted by atomic mass is 16.5. The van der Waals surface area contributed by atoms with E-state index >= 15 is 0 Å². The van der Waals surface area contributed by atoms with Gasteiger partial charge in [-0.3, -0.25) is 0 Å². The molecular weight excluding hydrogens is 178 g/mol. The van der Waals surface area contributed by atoms with Crippen molar-refractivity contribution in [2.75, 3.05) is 7.11 Å². The van der Waals surface area contributed by atoms with Gasteiger partial charge < -0.3 is 14.9 Å². The molecule has 0 saturated heterocycles. The van der Waals surface area contributed by atoms with Crippen molar-refractivity contribution >= 4 is 5.65 Å². The normalized spacial score (nSPS) is 11.0. The van der Waals surface area contributed by atoms with E-state index in [0.717, 1.165) is 16.9 Å². The molecule has 2 aromatic heterocycles. The number of hydrogen-bond acceptors (Lipinski definition) is 3. The van der Waals surface area contributed by atoms with Gasteiger partial charge in [0.25, 0.3) is 0 Å². The van der Waals surface area contributed by atoms with Gasteiger partial charge in [0.1, 0.15) is 5.65 Å². The summed E-state index contributed by atoms with van der Waals surface area (Å²) in [6.07, 6.45) is 3.82. The molecule has 0 saturated carbocycles. The summed E-state index contributed by atoms with van der Waals surface area (Å²) in [6.45, 7) is 1.11. The quantitative estimate of drug-likeness (QED) is 0.785.